The standard InChI is InChI=1S/C26H25FN2O3/c27-21-9-3-8-19(13-21)26(31)29-12-11-23-20(16-29)15-24(32-23)18-7-4-10-22(14-18)28-25(30)17-5-1-2-6-17/h3-4,7-10,13-15,17H,1-2,5-6,11-12,16H2,(H,28,30). The average Bonchev–Trinajstić information content (AvgIpc) is 3.48. The molecule has 5 rings (SSSR count). The molecular formula is C26H25FN2O3. The molecule has 6 heteroatoms. The third-order valence-corrected chi connectivity index (χ3v) is 6.37. The number of halogens is 1. The summed E-state index contributed by atoms with van der Waals surface area (Å²) < 4.78 is 19.6. The lowest BCUT2D eigenvalue weighted by Gasteiger charge is -2.26. The monoisotopic (exact) mass is 432 g/mol. The lowest BCUT2D eigenvalue weighted by Crippen LogP contribution is -2.35. The first kappa shape index (κ1) is 20.5. The topological polar surface area (TPSA) is 62.6 Å². The van der Waals surface area contributed by atoms with Gasteiger partial charge in [0, 0.05) is 47.8 Å². The van der Waals surface area contributed by atoms with E-state index in [-0.39, 0.29) is 17.7 Å². The van der Waals surface area contributed by atoms with Crippen LogP contribution >= 0.6 is 0 Å². The maximum atomic E-state index is 13.5. The SMILES string of the molecule is O=C(Nc1cccc(-c2cc3c(o2)CCN(C(=O)c2cccc(F)c2)C3)c1)C1CCCC1. The van der Waals surface area contributed by atoms with Crippen LogP contribution in [0.2, 0.25) is 0 Å². The Morgan fingerprint density at radius 2 is 1.84 bits per heavy atom. The van der Waals surface area contributed by atoms with Crippen LogP contribution in [0.3, 0.4) is 0 Å². The van der Waals surface area contributed by atoms with E-state index in [0.717, 1.165) is 48.3 Å². The first-order chi connectivity index (χ1) is 15.6. The number of nitrogens with one attached hydrogen (secondary N) is 1. The lowest BCUT2D eigenvalue weighted by molar-refractivity contribution is -0.119. The van der Waals surface area contributed by atoms with Crippen molar-refractivity contribution >= 4 is 17.5 Å². The zero-order valence-corrected chi connectivity index (χ0v) is 17.8. The molecule has 1 aliphatic heterocycles. The van der Waals surface area contributed by atoms with Gasteiger partial charge in [-0.3, -0.25) is 9.59 Å². The zero-order chi connectivity index (χ0) is 22.1. The quantitative estimate of drug-likeness (QED) is 0.599. The van der Waals surface area contributed by atoms with Crippen LogP contribution in [0.1, 0.15) is 47.4 Å². The smallest absolute Gasteiger partial charge is 0.254 e. The minimum absolute atomic E-state index is 0.0879. The molecule has 164 valence electrons. The highest BCUT2D eigenvalue weighted by Crippen LogP contribution is 2.32. The Morgan fingerprint density at radius 1 is 1.03 bits per heavy atom. The molecule has 1 aliphatic carbocycles. The van der Waals surface area contributed by atoms with Crippen molar-refractivity contribution in [3.8, 4) is 11.3 Å². The fourth-order valence-electron chi connectivity index (χ4n) is 4.64. The molecule has 1 aromatic heterocycles. The second-order valence-corrected chi connectivity index (χ2v) is 8.60. The molecule has 0 atom stereocenters. The van der Waals surface area contributed by atoms with E-state index in [1.165, 1.54) is 12.1 Å². The zero-order valence-electron chi connectivity index (χ0n) is 17.8. The van der Waals surface area contributed by atoms with Crippen LogP contribution in [0, 0.1) is 11.7 Å². The Balaban J connectivity index is 1.31. The van der Waals surface area contributed by atoms with Crippen molar-refractivity contribution < 1.29 is 18.4 Å². The Bertz CT molecular complexity index is 1160. The summed E-state index contributed by atoms with van der Waals surface area (Å²) in [6.07, 6.45) is 4.76. The summed E-state index contributed by atoms with van der Waals surface area (Å²) in [6.45, 7) is 0.944. The minimum atomic E-state index is -0.418. The molecule has 0 radical (unpaired) electrons. The van der Waals surface area contributed by atoms with Gasteiger partial charge in [0.2, 0.25) is 5.91 Å². The van der Waals surface area contributed by atoms with Gasteiger partial charge < -0.3 is 14.6 Å². The Hall–Kier alpha value is -3.41. The summed E-state index contributed by atoms with van der Waals surface area (Å²) >= 11 is 0. The predicted octanol–water partition coefficient (Wildman–Crippen LogP) is 5.41. The van der Waals surface area contributed by atoms with Crippen LogP contribution in [0.25, 0.3) is 11.3 Å². The van der Waals surface area contributed by atoms with Crippen molar-refractivity contribution in [2.45, 2.75) is 38.6 Å². The van der Waals surface area contributed by atoms with E-state index < -0.39 is 5.82 Å². The molecule has 2 aliphatic rings. The van der Waals surface area contributed by atoms with E-state index in [0.29, 0.717) is 30.8 Å². The van der Waals surface area contributed by atoms with Crippen LogP contribution in [0.15, 0.2) is 59.0 Å². The average molecular weight is 432 g/mol. The van der Waals surface area contributed by atoms with E-state index in [1.807, 2.05) is 30.3 Å². The maximum absolute atomic E-state index is 13.5. The molecule has 1 saturated carbocycles. The third kappa shape index (κ3) is 4.17. The van der Waals surface area contributed by atoms with Gasteiger partial charge in [0.25, 0.3) is 5.91 Å². The number of furan rings is 1. The van der Waals surface area contributed by atoms with Crippen molar-refractivity contribution in [3.63, 3.8) is 0 Å². The lowest BCUT2D eigenvalue weighted by atomic mass is 10.1. The number of hydrogen-bond donors (Lipinski definition) is 1. The number of nitrogens with zero attached hydrogens (tertiary/aromatic N) is 1. The van der Waals surface area contributed by atoms with E-state index in [4.69, 9.17) is 4.42 Å². The Kier molecular flexibility index (Phi) is 5.52. The van der Waals surface area contributed by atoms with Gasteiger partial charge in [0.1, 0.15) is 17.3 Å². The van der Waals surface area contributed by atoms with Crippen molar-refractivity contribution in [2.24, 2.45) is 5.92 Å². The summed E-state index contributed by atoms with van der Waals surface area (Å²) in [5, 5.41) is 3.04. The normalized spacial score (nSPS) is 16.1. The van der Waals surface area contributed by atoms with Gasteiger partial charge in [0.15, 0.2) is 0 Å². The predicted molar refractivity (Wildman–Crippen MR) is 120 cm³/mol. The van der Waals surface area contributed by atoms with Gasteiger partial charge in [-0.25, -0.2) is 4.39 Å². The second kappa shape index (κ2) is 8.61. The van der Waals surface area contributed by atoms with Crippen LogP contribution in [-0.4, -0.2) is 23.3 Å². The largest absolute Gasteiger partial charge is 0.461 e. The summed E-state index contributed by atoms with van der Waals surface area (Å²) in [5.41, 5.74) is 2.95. The fourth-order valence-corrected chi connectivity index (χ4v) is 4.64. The molecule has 5 nitrogen and oxygen atoms in total. The molecule has 0 bridgehead atoms. The van der Waals surface area contributed by atoms with Gasteiger partial charge >= 0.3 is 0 Å². The molecule has 2 amide bonds. The third-order valence-electron chi connectivity index (χ3n) is 6.37. The number of carbonyl (C=O) groups excluding carboxylic acids is 2. The first-order valence-electron chi connectivity index (χ1n) is 11.1. The Morgan fingerprint density at radius 3 is 2.66 bits per heavy atom. The van der Waals surface area contributed by atoms with E-state index in [1.54, 1.807) is 17.0 Å². The second-order valence-electron chi connectivity index (χ2n) is 8.60. The molecule has 2 heterocycles. The molecular weight excluding hydrogens is 407 g/mol. The number of hydrogen-bond acceptors (Lipinski definition) is 3. The van der Waals surface area contributed by atoms with Crippen LogP contribution in [0.4, 0.5) is 10.1 Å². The van der Waals surface area contributed by atoms with Gasteiger partial charge in [0.05, 0.1) is 0 Å². The summed E-state index contributed by atoms with van der Waals surface area (Å²) in [7, 11) is 0. The first-order valence-corrected chi connectivity index (χ1v) is 11.1. The number of anilines is 1. The molecule has 32 heavy (non-hydrogen) atoms. The molecule has 1 fully saturated rings. The summed E-state index contributed by atoms with van der Waals surface area (Å²) in [5.74, 6) is 1.17. The van der Waals surface area contributed by atoms with E-state index >= 15 is 0 Å². The van der Waals surface area contributed by atoms with Gasteiger partial charge in [-0.15, -0.1) is 0 Å². The number of amides is 2. The van der Waals surface area contributed by atoms with Crippen LogP contribution in [0.5, 0.6) is 0 Å². The molecule has 0 unspecified atom stereocenters. The van der Waals surface area contributed by atoms with E-state index in [2.05, 4.69) is 5.32 Å². The number of benzene rings is 2. The molecule has 3 aromatic rings. The summed E-state index contributed by atoms with van der Waals surface area (Å²) in [6, 6.07) is 15.4. The maximum Gasteiger partial charge on any atom is 0.254 e. The van der Waals surface area contributed by atoms with Gasteiger partial charge in [-0.05, 0) is 49.2 Å². The van der Waals surface area contributed by atoms with Crippen molar-refractivity contribution in [2.75, 3.05) is 11.9 Å². The van der Waals surface area contributed by atoms with Crippen molar-refractivity contribution in [1.82, 2.24) is 4.90 Å². The highest BCUT2D eigenvalue weighted by Gasteiger charge is 2.26. The van der Waals surface area contributed by atoms with E-state index in [9.17, 15) is 14.0 Å². The van der Waals surface area contributed by atoms with Crippen molar-refractivity contribution in [3.05, 3.63) is 77.3 Å². The minimum Gasteiger partial charge on any atom is -0.461 e. The highest BCUT2D eigenvalue weighted by molar-refractivity contribution is 5.94. The highest BCUT2D eigenvalue weighted by atomic mass is 19.1. The fraction of sp³-hybridized carbons (Fsp3) is 0.308. The van der Waals surface area contributed by atoms with Gasteiger partial charge in [-0.2, -0.15) is 0 Å². The Labute approximate surface area is 186 Å². The number of carbonyl (C=O) groups is 2. The summed E-state index contributed by atoms with van der Waals surface area (Å²) in [4.78, 5) is 27.0. The molecule has 1 N–H and O–H groups in total. The van der Waals surface area contributed by atoms with Crippen LogP contribution < -0.4 is 5.32 Å². The van der Waals surface area contributed by atoms with Crippen LogP contribution in [-0.2, 0) is 17.8 Å². The van der Waals surface area contributed by atoms with Gasteiger partial charge in [-0.1, -0.05) is 31.0 Å². The molecule has 2 aromatic carbocycles. The number of rotatable bonds is 4. The van der Waals surface area contributed by atoms with Crippen molar-refractivity contribution in [1.29, 1.82) is 0 Å². The molecule has 0 saturated heterocycles. The number of fused-ring (bicyclic) bond motifs is 1. The molecule has 0 spiro atoms.